The van der Waals surface area contributed by atoms with Crippen LogP contribution in [0.2, 0.25) is 0 Å². The summed E-state index contributed by atoms with van der Waals surface area (Å²) in [5, 5.41) is 24.1. The van der Waals surface area contributed by atoms with Crippen LogP contribution in [0.3, 0.4) is 0 Å². The SMILES string of the molecule is CC(C)O.CCNC.CCO.CCc1[nH]c(/C=C2\C(=O)Nc3ccc(Br)cc32)c(C)c1C(=O)NC. The van der Waals surface area contributed by atoms with Gasteiger partial charge in [0.25, 0.3) is 11.8 Å². The number of fused-ring (bicyclic) bond motifs is 1. The van der Waals surface area contributed by atoms with Crippen molar-refractivity contribution < 1.29 is 19.8 Å². The van der Waals surface area contributed by atoms with Crippen LogP contribution in [0.1, 0.15) is 67.5 Å². The molecule has 1 aromatic carbocycles. The van der Waals surface area contributed by atoms with E-state index in [0.717, 1.165) is 39.2 Å². The van der Waals surface area contributed by atoms with Gasteiger partial charge >= 0.3 is 0 Å². The number of aliphatic hydroxyl groups excluding tert-OH is 2. The summed E-state index contributed by atoms with van der Waals surface area (Å²) in [6, 6.07) is 5.67. The number of halogens is 1. The lowest BCUT2D eigenvalue weighted by Crippen LogP contribution is -2.19. The first kappa shape index (κ1) is 32.5. The van der Waals surface area contributed by atoms with E-state index in [9.17, 15) is 9.59 Å². The number of benzene rings is 1. The number of aromatic amines is 1. The Morgan fingerprint density at radius 3 is 2.20 bits per heavy atom. The number of anilines is 1. The van der Waals surface area contributed by atoms with Gasteiger partial charge < -0.3 is 31.1 Å². The van der Waals surface area contributed by atoms with Gasteiger partial charge in [-0.05, 0) is 77.5 Å². The van der Waals surface area contributed by atoms with Gasteiger partial charge in [0.2, 0.25) is 0 Å². The van der Waals surface area contributed by atoms with Crippen molar-refractivity contribution in [2.75, 3.05) is 32.6 Å². The van der Waals surface area contributed by atoms with Crippen molar-refractivity contribution >= 4 is 45.1 Å². The maximum atomic E-state index is 12.3. The lowest BCUT2D eigenvalue weighted by atomic mass is 10.0. The molecule has 0 spiro atoms. The van der Waals surface area contributed by atoms with Crippen LogP contribution in [0.5, 0.6) is 0 Å². The summed E-state index contributed by atoms with van der Waals surface area (Å²) < 4.78 is 0.909. The first-order valence-electron chi connectivity index (χ1n) is 11.7. The Balaban J connectivity index is 0.000000891. The zero-order chi connectivity index (χ0) is 27.1. The minimum atomic E-state index is -0.167. The Morgan fingerprint density at radius 1 is 1.20 bits per heavy atom. The number of nitrogens with one attached hydrogen (secondary N) is 4. The molecule has 196 valence electrons. The molecular weight excluding hydrogens is 512 g/mol. The van der Waals surface area contributed by atoms with Gasteiger partial charge in [-0.25, -0.2) is 0 Å². The summed E-state index contributed by atoms with van der Waals surface area (Å²) in [6.07, 6.45) is 2.36. The topological polar surface area (TPSA) is 126 Å². The standard InChI is InChI=1S/C18H18BrN3O2.C3H9N.C3H8O.C2H6O/c1-4-13-16(18(24)20-3)9(2)15(21-13)8-12-11-7-10(19)5-6-14(11)22-17(12)23;1-3-4-2;1-3(2)4;1-2-3/h5-8,21H,4H2,1-3H3,(H,20,24)(H,22,23);4H,3H2,1-2H3;3-4H,1-2H3;3H,2H2,1H3/b12-8-;;;. The average molecular weight is 554 g/mol. The largest absolute Gasteiger partial charge is 0.397 e. The number of carbonyl (C=O) groups excluding carboxylic acids is 2. The number of aliphatic hydroxyl groups is 2. The van der Waals surface area contributed by atoms with Crippen molar-refractivity contribution in [1.82, 2.24) is 15.6 Å². The highest BCUT2D eigenvalue weighted by Gasteiger charge is 2.25. The molecule has 2 heterocycles. The third-order valence-corrected chi connectivity index (χ3v) is 5.07. The Hall–Kier alpha value is -2.46. The lowest BCUT2D eigenvalue weighted by Gasteiger charge is -2.01. The number of hydrogen-bond acceptors (Lipinski definition) is 5. The van der Waals surface area contributed by atoms with Crippen LogP contribution in [-0.4, -0.2) is 60.4 Å². The van der Waals surface area contributed by atoms with E-state index in [0.29, 0.717) is 17.6 Å². The smallest absolute Gasteiger partial charge is 0.256 e. The van der Waals surface area contributed by atoms with Gasteiger partial charge in [0.15, 0.2) is 0 Å². The third kappa shape index (κ3) is 10.4. The molecule has 2 aromatic rings. The number of aromatic nitrogens is 1. The van der Waals surface area contributed by atoms with Gasteiger partial charge in [0, 0.05) is 46.9 Å². The molecule has 1 aliphatic heterocycles. The van der Waals surface area contributed by atoms with Crippen LogP contribution >= 0.6 is 15.9 Å². The molecule has 1 aromatic heterocycles. The molecule has 0 unspecified atom stereocenters. The van der Waals surface area contributed by atoms with Crippen molar-refractivity contribution in [1.29, 1.82) is 0 Å². The molecular formula is C26H41BrN4O4. The predicted molar refractivity (Wildman–Crippen MR) is 149 cm³/mol. The second-order valence-electron chi connectivity index (χ2n) is 7.77. The molecule has 0 saturated carbocycles. The molecule has 9 heteroatoms. The molecule has 8 nitrogen and oxygen atoms in total. The number of amides is 2. The molecule has 0 radical (unpaired) electrons. The first-order valence-corrected chi connectivity index (χ1v) is 12.5. The second kappa shape index (κ2) is 17.0. The number of aryl methyl sites for hydroxylation is 1. The van der Waals surface area contributed by atoms with Crippen molar-refractivity contribution in [3.63, 3.8) is 0 Å². The van der Waals surface area contributed by atoms with Gasteiger partial charge in [-0.2, -0.15) is 0 Å². The molecule has 0 fully saturated rings. The van der Waals surface area contributed by atoms with Crippen LogP contribution < -0.4 is 16.0 Å². The summed E-state index contributed by atoms with van der Waals surface area (Å²) in [7, 11) is 3.55. The van der Waals surface area contributed by atoms with Gasteiger partial charge in [-0.15, -0.1) is 0 Å². The van der Waals surface area contributed by atoms with Crippen molar-refractivity contribution in [2.24, 2.45) is 0 Å². The molecule has 6 N–H and O–H groups in total. The number of rotatable bonds is 4. The van der Waals surface area contributed by atoms with Crippen LogP contribution in [-0.2, 0) is 11.2 Å². The van der Waals surface area contributed by atoms with E-state index in [1.165, 1.54) is 0 Å². The Morgan fingerprint density at radius 2 is 1.74 bits per heavy atom. The van der Waals surface area contributed by atoms with E-state index in [4.69, 9.17) is 10.2 Å². The van der Waals surface area contributed by atoms with Gasteiger partial charge in [-0.1, -0.05) is 29.8 Å². The van der Waals surface area contributed by atoms with E-state index in [1.807, 2.05) is 45.2 Å². The molecule has 0 atom stereocenters. The predicted octanol–water partition coefficient (Wildman–Crippen LogP) is 4.11. The van der Waals surface area contributed by atoms with E-state index < -0.39 is 0 Å². The Labute approximate surface area is 217 Å². The molecule has 1 aliphatic rings. The summed E-state index contributed by atoms with van der Waals surface area (Å²) in [5.41, 5.74) is 5.37. The maximum Gasteiger partial charge on any atom is 0.256 e. The molecule has 35 heavy (non-hydrogen) atoms. The van der Waals surface area contributed by atoms with E-state index >= 15 is 0 Å². The quantitative estimate of drug-likeness (QED) is 0.318. The van der Waals surface area contributed by atoms with Crippen LogP contribution in [0, 0.1) is 6.92 Å². The minimum absolute atomic E-state index is 0.121. The number of hydrogen-bond donors (Lipinski definition) is 6. The maximum absolute atomic E-state index is 12.3. The molecule has 0 aliphatic carbocycles. The molecule has 0 bridgehead atoms. The fourth-order valence-electron chi connectivity index (χ4n) is 2.97. The van der Waals surface area contributed by atoms with Gasteiger partial charge in [0.05, 0.1) is 11.1 Å². The summed E-state index contributed by atoms with van der Waals surface area (Å²) in [4.78, 5) is 27.7. The van der Waals surface area contributed by atoms with Crippen LogP contribution in [0.15, 0.2) is 22.7 Å². The molecule has 2 amide bonds. The summed E-state index contributed by atoms with van der Waals surface area (Å²) in [6.45, 7) is 12.4. The fraction of sp³-hybridized carbons (Fsp3) is 0.462. The first-order chi connectivity index (χ1) is 16.5. The Kier molecular flexibility index (Phi) is 15.8. The highest BCUT2D eigenvalue weighted by molar-refractivity contribution is 9.10. The van der Waals surface area contributed by atoms with Crippen LogP contribution in [0.4, 0.5) is 5.69 Å². The summed E-state index contributed by atoms with van der Waals surface area (Å²) >= 11 is 3.44. The second-order valence-corrected chi connectivity index (χ2v) is 8.68. The fourth-order valence-corrected chi connectivity index (χ4v) is 3.33. The van der Waals surface area contributed by atoms with Gasteiger partial charge in [-0.3, -0.25) is 9.59 Å². The number of carbonyl (C=O) groups is 2. The van der Waals surface area contributed by atoms with Crippen LogP contribution in [0.25, 0.3) is 11.6 Å². The highest BCUT2D eigenvalue weighted by atomic mass is 79.9. The van der Waals surface area contributed by atoms with E-state index in [2.05, 4.69) is 43.8 Å². The molecule has 3 rings (SSSR count). The van der Waals surface area contributed by atoms with E-state index in [1.54, 1.807) is 27.8 Å². The average Bonchev–Trinajstić information content (AvgIpc) is 3.29. The van der Waals surface area contributed by atoms with Crippen molar-refractivity contribution in [2.45, 2.75) is 54.1 Å². The number of H-pyrrole nitrogens is 1. The minimum Gasteiger partial charge on any atom is -0.397 e. The lowest BCUT2D eigenvalue weighted by molar-refractivity contribution is -0.110. The van der Waals surface area contributed by atoms with Crippen molar-refractivity contribution in [3.8, 4) is 0 Å². The van der Waals surface area contributed by atoms with Crippen molar-refractivity contribution in [3.05, 3.63) is 50.8 Å². The monoisotopic (exact) mass is 552 g/mol. The van der Waals surface area contributed by atoms with Gasteiger partial charge in [0.1, 0.15) is 0 Å². The zero-order valence-electron chi connectivity index (χ0n) is 22.1. The molecule has 0 saturated heterocycles. The summed E-state index contributed by atoms with van der Waals surface area (Å²) in [5.74, 6) is -0.263. The third-order valence-electron chi connectivity index (χ3n) is 4.58. The van der Waals surface area contributed by atoms with E-state index in [-0.39, 0.29) is 24.5 Å². The zero-order valence-corrected chi connectivity index (χ0v) is 23.7. The highest BCUT2D eigenvalue weighted by Crippen LogP contribution is 2.35. The Bertz CT molecular complexity index is 979. The normalized spacial score (nSPS) is 12.5.